The van der Waals surface area contributed by atoms with E-state index in [4.69, 9.17) is 0 Å². The van der Waals surface area contributed by atoms with Crippen LogP contribution in [-0.2, 0) is 6.54 Å². The second-order valence-corrected chi connectivity index (χ2v) is 6.47. The normalized spacial score (nSPS) is 10.9. The molecule has 0 spiro atoms. The van der Waals surface area contributed by atoms with Crippen molar-refractivity contribution >= 4 is 22.4 Å². The molecule has 4 aromatic rings. The quantitative estimate of drug-likeness (QED) is 0.570. The lowest BCUT2D eigenvalue weighted by Gasteiger charge is -2.10. The number of fused-ring (bicyclic) bond motifs is 1. The van der Waals surface area contributed by atoms with Crippen LogP contribution in [-0.4, -0.2) is 20.6 Å². The molecule has 1 aromatic heterocycles. The van der Waals surface area contributed by atoms with Crippen LogP contribution in [0.2, 0.25) is 0 Å². The fourth-order valence-electron chi connectivity index (χ4n) is 3.12. The fraction of sp³-hybridized carbons (Fsp3) is 0.0909. The first-order valence-corrected chi connectivity index (χ1v) is 8.70. The van der Waals surface area contributed by atoms with Crippen LogP contribution in [0.15, 0.2) is 73.1 Å². The molecule has 5 nitrogen and oxygen atoms in total. The molecule has 0 atom stereocenters. The van der Waals surface area contributed by atoms with E-state index in [1.165, 1.54) is 0 Å². The van der Waals surface area contributed by atoms with Gasteiger partial charge >= 0.3 is 0 Å². The molecule has 0 unspecified atom stereocenters. The number of nitrogens with one attached hydrogen (secondary N) is 1. The minimum absolute atomic E-state index is 0.0311. The number of anilines is 1. The summed E-state index contributed by atoms with van der Waals surface area (Å²) in [5.74, 6) is 0.566. The first-order chi connectivity index (χ1) is 13.1. The van der Waals surface area contributed by atoms with Gasteiger partial charge in [0.25, 0.3) is 5.91 Å². The summed E-state index contributed by atoms with van der Waals surface area (Å²) in [6.45, 7) is 2.63. The highest BCUT2D eigenvalue weighted by molar-refractivity contribution is 6.08. The van der Waals surface area contributed by atoms with Gasteiger partial charge in [-0.1, -0.05) is 36.4 Å². The number of carbonyl (C=O) groups is 1. The first-order valence-electron chi connectivity index (χ1n) is 8.70. The van der Waals surface area contributed by atoms with Crippen molar-refractivity contribution in [2.24, 2.45) is 0 Å². The molecule has 27 heavy (non-hydrogen) atoms. The predicted octanol–water partition coefficient (Wildman–Crippen LogP) is 4.35. The molecule has 134 valence electrons. The second-order valence-electron chi connectivity index (χ2n) is 6.47. The minimum atomic E-state index is -0.339. The summed E-state index contributed by atoms with van der Waals surface area (Å²) in [5, 5.41) is 14.9. The molecule has 1 heterocycles. The maximum atomic E-state index is 12.7. The number of aromatic nitrogens is 2. The van der Waals surface area contributed by atoms with Gasteiger partial charge in [-0.05, 0) is 47.5 Å². The van der Waals surface area contributed by atoms with Crippen molar-refractivity contribution in [3.8, 4) is 5.75 Å². The van der Waals surface area contributed by atoms with Crippen LogP contribution in [0.3, 0.4) is 0 Å². The van der Waals surface area contributed by atoms with E-state index in [9.17, 15) is 9.90 Å². The molecule has 0 aliphatic heterocycles. The van der Waals surface area contributed by atoms with Gasteiger partial charge in [-0.3, -0.25) is 4.79 Å². The van der Waals surface area contributed by atoms with E-state index in [2.05, 4.69) is 10.3 Å². The van der Waals surface area contributed by atoms with E-state index in [0.717, 1.165) is 22.2 Å². The van der Waals surface area contributed by atoms with Gasteiger partial charge in [0, 0.05) is 24.6 Å². The van der Waals surface area contributed by atoms with Gasteiger partial charge < -0.3 is 15.0 Å². The molecule has 0 aliphatic rings. The minimum Gasteiger partial charge on any atom is -0.507 e. The Morgan fingerprint density at radius 3 is 2.59 bits per heavy atom. The summed E-state index contributed by atoms with van der Waals surface area (Å²) < 4.78 is 2.04. The van der Waals surface area contributed by atoms with Crippen LogP contribution in [0.5, 0.6) is 5.75 Å². The largest absolute Gasteiger partial charge is 0.507 e. The maximum Gasteiger partial charge on any atom is 0.259 e. The molecule has 0 aliphatic carbocycles. The van der Waals surface area contributed by atoms with E-state index in [1.54, 1.807) is 18.3 Å². The molecule has 0 radical (unpaired) electrons. The number of aryl methyl sites for hydroxylation is 1. The molecule has 4 rings (SSSR count). The van der Waals surface area contributed by atoms with Crippen LogP contribution in [0.1, 0.15) is 21.7 Å². The lowest BCUT2D eigenvalue weighted by atomic mass is 10.1. The monoisotopic (exact) mass is 357 g/mol. The molecule has 1 amide bonds. The van der Waals surface area contributed by atoms with Crippen LogP contribution >= 0.6 is 0 Å². The maximum absolute atomic E-state index is 12.7. The van der Waals surface area contributed by atoms with Crippen molar-refractivity contribution in [1.29, 1.82) is 0 Å². The van der Waals surface area contributed by atoms with Crippen LogP contribution < -0.4 is 5.32 Å². The highest BCUT2D eigenvalue weighted by atomic mass is 16.3. The number of imidazole rings is 1. The van der Waals surface area contributed by atoms with Crippen molar-refractivity contribution in [3.05, 3.63) is 90.0 Å². The second kappa shape index (κ2) is 6.96. The van der Waals surface area contributed by atoms with E-state index in [1.807, 2.05) is 66.2 Å². The summed E-state index contributed by atoms with van der Waals surface area (Å²) in [6, 6.07) is 18.6. The zero-order valence-corrected chi connectivity index (χ0v) is 14.9. The molecule has 0 bridgehead atoms. The zero-order valence-electron chi connectivity index (χ0n) is 14.9. The topological polar surface area (TPSA) is 67.2 Å². The molecule has 0 saturated carbocycles. The van der Waals surface area contributed by atoms with Crippen LogP contribution in [0.25, 0.3) is 10.8 Å². The molecule has 5 heteroatoms. The van der Waals surface area contributed by atoms with Gasteiger partial charge in [-0.2, -0.15) is 0 Å². The Balaban J connectivity index is 1.57. The zero-order chi connectivity index (χ0) is 18.8. The number of carbonyl (C=O) groups excluding carboxylic acids is 1. The third kappa shape index (κ3) is 3.53. The summed E-state index contributed by atoms with van der Waals surface area (Å²) in [6.07, 6.45) is 3.69. The number of benzene rings is 3. The number of hydrogen-bond donors (Lipinski definition) is 2. The number of phenols is 1. The number of rotatable bonds is 4. The molecule has 0 fully saturated rings. The summed E-state index contributed by atoms with van der Waals surface area (Å²) in [4.78, 5) is 16.9. The highest BCUT2D eigenvalue weighted by Crippen LogP contribution is 2.26. The Hall–Kier alpha value is -3.60. The molecular formula is C22H19N3O2. The fourth-order valence-corrected chi connectivity index (χ4v) is 3.12. The van der Waals surface area contributed by atoms with Gasteiger partial charge in [0.15, 0.2) is 0 Å². The highest BCUT2D eigenvalue weighted by Gasteiger charge is 2.13. The van der Waals surface area contributed by atoms with Crippen molar-refractivity contribution < 1.29 is 9.90 Å². The Kier molecular flexibility index (Phi) is 4.34. The number of phenolic OH excluding ortho intramolecular Hbond substituents is 1. The molecule has 3 aromatic carbocycles. The Labute approximate surface area is 156 Å². The molecular weight excluding hydrogens is 338 g/mol. The van der Waals surface area contributed by atoms with E-state index >= 15 is 0 Å². The van der Waals surface area contributed by atoms with Gasteiger partial charge in [0.1, 0.15) is 11.6 Å². The Morgan fingerprint density at radius 2 is 1.85 bits per heavy atom. The summed E-state index contributed by atoms with van der Waals surface area (Å²) in [7, 11) is 0. The number of hydrogen-bond acceptors (Lipinski definition) is 3. The average Bonchev–Trinajstić information content (AvgIpc) is 3.06. The third-order valence-corrected chi connectivity index (χ3v) is 4.57. The predicted molar refractivity (Wildman–Crippen MR) is 106 cm³/mol. The van der Waals surface area contributed by atoms with E-state index in [0.29, 0.717) is 12.2 Å². The van der Waals surface area contributed by atoms with Gasteiger partial charge in [-0.25, -0.2) is 4.98 Å². The third-order valence-electron chi connectivity index (χ3n) is 4.57. The Bertz CT molecular complexity index is 1130. The lowest BCUT2D eigenvalue weighted by Crippen LogP contribution is -2.12. The number of nitrogens with zero attached hydrogens (tertiary/aromatic N) is 2. The van der Waals surface area contributed by atoms with Gasteiger partial charge in [0.2, 0.25) is 0 Å². The average molecular weight is 357 g/mol. The van der Waals surface area contributed by atoms with Crippen molar-refractivity contribution in [2.45, 2.75) is 13.5 Å². The molecule has 2 N–H and O–H groups in total. The van der Waals surface area contributed by atoms with Gasteiger partial charge in [0.05, 0.1) is 5.56 Å². The lowest BCUT2D eigenvalue weighted by molar-refractivity contribution is 0.102. The number of aromatic hydroxyl groups is 1. The van der Waals surface area contributed by atoms with Crippen molar-refractivity contribution in [3.63, 3.8) is 0 Å². The SMILES string of the molecule is Cc1nccn1Cc1cccc(NC(=O)c2cc3ccccc3cc2O)c1. The standard InChI is InChI=1S/C22H19N3O2/c1-15-23-9-10-25(15)14-16-5-4-8-19(11-16)24-22(27)20-12-17-6-2-3-7-18(17)13-21(20)26/h2-13,26H,14H2,1H3,(H,24,27). The van der Waals surface area contributed by atoms with Crippen LogP contribution in [0.4, 0.5) is 5.69 Å². The smallest absolute Gasteiger partial charge is 0.259 e. The molecule has 0 saturated heterocycles. The van der Waals surface area contributed by atoms with Crippen molar-refractivity contribution in [2.75, 3.05) is 5.32 Å². The first kappa shape index (κ1) is 16.8. The Morgan fingerprint density at radius 1 is 1.07 bits per heavy atom. The van der Waals surface area contributed by atoms with Crippen molar-refractivity contribution in [1.82, 2.24) is 9.55 Å². The van der Waals surface area contributed by atoms with E-state index < -0.39 is 0 Å². The van der Waals surface area contributed by atoms with E-state index in [-0.39, 0.29) is 17.2 Å². The number of amides is 1. The van der Waals surface area contributed by atoms with Gasteiger partial charge in [-0.15, -0.1) is 0 Å². The summed E-state index contributed by atoms with van der Waals surface area (Å²) in [5.41, 5.74) is 1.99. The summed E-state index contributed by atoms with van der Waals surface area (Å²) >= 11 is 0. The van der Waals surface area contributed by atoms with Crippen LogP contribution in [0, 0.1) is 6.92 Å².